The molecule has 1 aromatic heterocycles. The van der Waals surface area contributed by atoms with Gasteiger partial charge in [0.25, 0.3) is 0 Å². The topological polar surface area (TPSA) is 54.3 Å². The van der Waals surface area contributed by atoms with E-state index in [1.165, 1.54) is 0 Å². The fourth-order valence-corrected chi connectivity index (χ4v) is 1.71. The Morgan fingerprint density at radius 3 is 2.50 bits per heavy atom. The maximum absolute atomic E-state index is 11.6. The van der Waals surface area contributed by atoms with Crippen molar-refractivity contribution in [2.75, 3.05) is 5.32 Å². The number of aryl methyl sites for hydroxylation is 1. The lowest BCUT2D eigenvalue weighted by Gasteiger charge is -2.06. The average molecular weight is 244 g/mol. The van der Waals surface area contributed by atoms with Gasteiger partial charge in [0.1, 0.15) is 5.75 Å². The normalized spacial score (nSPS) is 10.2. The molecule has 4 heteroatoms. The van der Waals surface area contributed by atoms with Gasteiger partial charge in [-0.3, -0.25) is 4.79 Å². The molecule has 18 heavy (non-hydrogen) atoms. The summed E-state index contributed by atoms with van der Waals surface area (Å²) in [5.74, 6) is 0.188. The third-order valence-corrected chi connectivity index (χ3v) is 2.64. The summed E-state index contributed by atoms with van der Waals surface area (Å²) >= 11 is 0. The number of aromatic hydroxyl groups is 1. The number of benzene rings is 1. The second kappa shape index (κ2) is 5.91. The van der Waals surface area contributed by atoms with Gasteiger partial charge in [-0.1, -0.05) is 0 Å². The first-order valence-electron chi connectivity index (χ1n) is 5.94. The number of amides is 1. The molecule has 1 aromatic carbocycles. The molecule has 0 aliphatic carbocycles. The number of phenols is 1. The van der Waals surface area contributed by atoms with Crippen LogP contribution in [-0.2, 0) is 11.3 Å². The molecule has 94 valence electrons. The Bertz CT molecular complexity index is 489. The van der Waals surface area contributed by atoms with E-state index >= 15 is 0 Å². The molecule has 0 bridgehead atoms. The van der Waals surface area contributed by atoms with Crippen LogP contribution in [0.4, 0.5) is 5.69 Å². The standard InChI is InChI=1S/C14H16N2O2/c17-13-7-5-12(6-8-13)15-14(18)4-3-11-16-9-1-2-10-16/h1-2,5-10,17H,3-4,11H2,(H,15,18). The quantitative estimate of drug-likeness (QED) is 0.794. The van der Waals surface area contributed by atoms with Crippen molar-refractivity contribution in [1.82, 2.24) is 4.57 Å². The first kappa shape index (κ1) is 12.2. The lowest BCUT2D eigenvalue weighted by molar-refractivity contribution is -0.116. The van der Waals surface area contributed by atoms with Gasteiger partial charge >= 0.3 is 0 Å². The van der Waals surface area contributed by atoms with Gasteiger partial charge in [-0.25, -0.2) is 0 Å². The Kier molecular flexibility index (Phi) is 4.02. The lowest BCUT2D eigenvalue weighted by Crippen LogP contribution is -2.12. The number of anilines is 1. The molecular weight excluding hydrogens is 228 g/mol. The van der Waals surface area contributed by atoms with E-state index < -0.39 is 0 Å². The van der Waals surface area contributed by atoms with Crippen molar-refractivity contribution in [1.29, 1.82) is 0 Å². The van der Waals surface area contributed by atoms with Crippen molar-refractivity contribution in [3.05, 3.63) is 48.8 Å². The number of carbonyl (C=O) groups is 1. The molecule has 0 spiro atoms. The number of carbonyl (C=O) groups excluding carboxylic acids is 1. The van der Waals surface area contributed by atoms with E-state index in [2.05, 4.69) is 5.32 Å². The number of nitrogens with one attached hydrogen (secondary N) is 1. The molecule has 0 unspecified atom stereocenters. The smallest absolute Gasteiger partial charge is 0.224 e. The van der Waals surface area contributed by atoms with E-state index in [1.807, 2.05) is 29.1 Å². The van der Waals surface area contributed by atoms with Gasteiger partial charge in [0.2, 0.25) is 5.91 Å². The lowest BCUT2D eigenvalue weighted by atomic mass is 10.2. The largest absolute Gasteiger partial charge is 0.508 e. The summed E-state index contributed by atoms with van der Waals surface area (Å²) in [7, 11) is 0. The maximum Gasteiger partial charge on any atom is 0.224 e. The van der Waals surface area contributed by atoms with Crippen LogP contribution in [0, 0.1) is 0 Å². The van der Waals surface area contributed by atoms with Gasteiger partial charge in [-0.05, 0) is 42.8 Å². The van der Waals surface area contributed by atoms with E-state index in [-0.39, 0.29) is 11.7 Å². The van der Waals surface area contributed by atoms with Gasteiger partial charge in [0, 0.05) is 31.0 Å². The Morgan fingerprint density at radius 2 is 1.83 bits per heavy atom. The highest BCUT2D eigenvalue weighted by Crippen LogP contribution is 2.14. The van der Waals surface area contributed by atoms with E-state index in [0.717, 1.165) is 13.0 Å². The minimum Gasteiger partial charge on any atom is -0.508 e. The highest BCUT2D eigenvalue weighted by atomic mass is 16.3. The Morgan fingerprint density at radius 1 is 1.17 bits per heavy atom. The van der Waals surface area contributed by atoms with E-state index in [9.17, 15) is 4.79 Å². The van der Waals surface area contributed by atoms with Crippen LogP contribution in [0.1, 0.15) is 12.8 Å². The molecule has 0 saturated carbocycles. The van der Waals surface area contributed by atoms with Crippen LogP contribution in [0.5, 0.6) is 5.75 Å². The molecule has 0 aliphatic rings. The minimum atomic E-state index is -0.00662. The first-order chi connectivity index (χ1) is 8.74. The van der Waals surface area contributed by atoms with Crippen molar-refractivity contribution in [3.8, 4) is 5.75 Å². The molecule has 2 aromatic rings. The monoisotopic (exact) mass is 244 g/mol. The second-order valence-corrected chi connectivity index (χ2v) is 4.12. The third-order valence-electron chi connectivity index (χ3n) is 2.64. The molecule has 1 heterocycles. The van der Waals surface area contributed by atoms with Crippen LogP contribution in [-0.4, -0.2) is 15.6 Å². The van der Waals surface area contributed by atoms with Crippen LogP contribution in [0.3, 0.4) is 0 Å². The van der Waals surface area contributed by atoms with Gasteiger partial charge in [-0.15, -0.1) is 0 Å². The molecule has 2 N–H and O–H groups in total. The van der Waals surface area contributed by atoms with Crippen LogP contribution < -0.4 is 5.32 Å². The Balaban J connectivity index is 1.73. The number of nitrogens with zero attached hydrogens (tertiary/aromatic N) is 1. The fourth-order valence-electron chi connectivity index (χ4n) is 1.71. The second-order valence-electron chi connectivity index (χ2n) is 4.12. The zero-order valence-corrected chi connectivity index (χ0v) is 10.0. The SMILES string of the molecule is O=C(CCCn1cccc1)Nc1ccc(O)cc1. The predicted molar refractivity (Wildman–Crippen MR) is 70.4 cm³/mol. The Labute approximate surface area is 106 Å². The fraction of sp³-hybridized carbons (Fsp3) is 0.214. The molecule has 4 nitrogen and oxygen atoms in total. The molecular formula is C14H16N2O2. The maximum atomic E-state index is 11.6. The van der Waals surface area contributed by atoms with E-state index in [1.54, 1.807) is 24.3 Å². The molecule has 0 radical (unpaired) electrons. The van der Waals surface area contributed by atoms with Gasteiger partial charge < -0.3 is 15.0 Å². The summed E-state index contributed by atoms with van der Waals surface area (Å²) in [5, 5.41) is 11.9. The highest BCUT2D eigenvalue weighted by Gasteiger charge is 2.02. The number of aromatic nitrogens is 1. The van der Waals surface area contributed by atoms with E-state index in [0.29, 0.717) is 12.1 Å². The van der Waals surface area contributed by atoms with Crippen LogP contribution in [0.25, 0.3) is 0 Å². The zero-order valence-electron chi connectivity index (χ0n) is 10.0. The molecule has 2 rings (SSSR count). The van der Waals surface area contributed by atoms with Crippen molar-refractivity contribution in [3.63, 3.8) is 0 Å². The van der Waals surface area contributed by atoms with Crippen molar-refractivity contribution in [2.45, 2.75) is 19.4 Å². The molecule has 1 amide bonds. The molecule has 0 aliphatic heterocycles. The number of rotatable bonds is 5. The summed E-state index contributed by atoms with van der Waals surface area (Å²) in [6, 6.07) is 10.4. The first-order valence-corrected chi connectivity index (χ1v) is 5.94. The highest BCUT2D eigenvalue weighted by molar-refractivity contribution is 5.90. The van der Waals surface area contributed by atoms with Crippen LogP contribution in [0.15, 0.2) is 48.8 Å². The van der Waals surface area contributed by atoms with Gasteiger partial charge in [0.05, 0.1) is 0 Å². The van der Waals surface area contributed by atoms with Gasteiger partial charge in [0.15, 0.2) is 0 Å². The number of phenolic OH excluding ortho intramolecular Hbond substituents is 1. The molecule has 0 atom stereocenters. The van der Waals surface area contributed by atoms with Crippen molar-refractivity contribution >= 4 is 11.6 Å². The van der Waals surface area contributed by atoms with Crippen LogP contribution in [0.2, 0.25) is 0 Å². The average Bonchev–Trinajstić information content (AvgIpc) is 2.85. The van der Waals surface area contributed by atoms with E-state index in [4.69, 9.17) is 5.11 Å². The zero-order chi connectivity index (χ0) is 12.8. The summed E-state index contributed by atoms with van der Waals surface area (Å²) < 4.78 is 2.05. The molecule has 0 saturated heterocycles. The van der Waals surface area contributed by atoms with Crippen LogP contribution >= 0.6 is 0 Å². The van der Waals surface area contributed by atoms with Gasteiger partial charge in [-0.2, -0.15) is 0 Å². The summed E-state index contributed by atoms with van der Waals surface area (Å²) in [6.07, 6.45) is 5.26. The van der Waals surface area contributed by atoms with Crippen molar-refractivity contribution in [2.24, 2.45) is 0 Å². The number of hydrogen-bond donors (Lipinski definition) is 2. The minimum absolute atomic E-state index is 0.00662. The predicted octanol–water partition coefficient (Wildman–Crippen LogP) is 2.61. The third kappa shape index (κ3) is 3.66. The summed E-state index contributed by atoms with van der Waals surface area (Å²) in [4.78, 5) is 11.6. The van der Waals surface area contributed by atoms with Crippen molar-refractivity contribution < 1.29 is 9.90 Å². The summed E-state index contributed by atoms with van der Waals surface area (Å²) in [5.41, 5.74) is 0.707. The number of hydrogen-bond acceptors (Lipinski definition) is 2. The Hall–Kier alpha value is -2.23. The molecule has 0 fully saturated rings. The summed E-state index contributed by atoms with van der Waals surface area (Å²) in [6.45, 7) is 0.843.